The van der Waals surface area contributed by atoms with Crippen molar-refractivity contribution in [1.29, 1.82) is 0 Å². The van der Waals surface area contributed by atoms with Gasteiger partial charge in [0.2, 0.25) is 0 Å². The summed E-state index contributed by atoms with van der Waals surface area (Å²) in [6.07, 6.45) is 4.95. The van der Waals surface area contributed by atoms with Crippen LogP contribution in [0.25, 0.3) is 0 Å². The lowest BCUT2D eigenvalue weighted by atomic mass is 9.96. The van der Waals surface area contributed by atoms with Crippen molar-refractivity contribution in [3.8, 4) is 0 Å². The van der Waals surface area contributed by atoms with Gasteiger partial charge in [0.1, 0.15) is 12.2 Å². The van der Waals surface area contributed by atoms with E-state index in [9.17, 15) is 14.4 Å². The molecule has 0 aliphatic heterocycles. The highest BCUT2D eigenvalue weighted by Gasteiger charge is 2.45. The molecule has 0 N–H and O–H groups in total. The molecule has 0 bridgehead atoms. The molecule has 0 amide bonds. The lowest BCUT2D eigenvalue weighted by Gasteiger charge is -2.29. The fourth-order valence-electron chi connectivity index (χ4n) is 4.64. The third kappa shape index (κ3) is 13.8. The molecule has 0 saturated heterocycles. The average molecular weight is 581 g/mol. The Morgan fingerprint density at radius 3 is 1.85 bits per heavy atom. The van der Waals surface area contributed by atoms with E-state index in [1.54, 1.807) is 0 Å². The average Bonchev–Trinajstić information content (AvgIpc) is 3.26. The van der Waals surface area contributed by atoms with Crippen molar-refractivity contribution in [3.63, 3.8) is 0 Å². The van der Waals surface area contributed by atoms with E-state index >= 15 is 0 Å². The Bertz CT molecular complexity index is 871. The Hall–Kier alpha value is -2.49. The van der Waals surface area contributed by atoms with Crippen LogP contribution in [0.5, 0.6) is 0 Å². The Balaban J connectivity index is 2.81. The predicted molar refractivity (Wildman–Crippen MR) is 157 cm³/mol. The zero-order valence-electron chi connectivity index (χ0n) is 26.1. The summed E-state index contributed by atoms with van der Waals surface area (Å²) in [4.78, 5) is 34.6. The molecule has 0 aromatic heterocycles. The number of hydrogen-bond acceptors (Lipinski definition) is 9. The Morgan fingerprint density at radius 2 is 1.32 bits per heavy atom. The van der Waals surface area contributed by atoms with Gasteiger partial charge in [-0.15, -0.1) is 0 Å². The van der Waals surface area contributed by atoms with E-state index in [1.807, 2.05) is 41.5 Å². The number of esters is 3. The fraction of sp³-hybridized carbons (Fsp3) is 0.719. The molecule has 1 saturated carbocycles. The molecule has 234 valence electrons. The molecule has 9 unspecified atom stereocenters. The van der Waals surface area contributed by atoms with Gasteiger partial charge in [-0.2, -0.15) is 0 Å². The minimum Gasteiger partial charge on any atom is -0.462 e. The number of carbonyl (C=O) groups excluding carboxylic acids is 3. The van der Waals surface area contributed by atoms with Crippen LogP contribution in [0.4, 0.5) is 0 Å². The molecule has 0 heterocycles. The van der Waals surface area contributed by atoms with Crippen molar-refractivity contribution < 1.29 is 42.8 Å². The topological polar surface area (TPSA) is 107 Å². The monoisotopic (exact) mass is 580 g/mol. The second-order valence-electron chi connectivity index (χ2n) is 11.8. The molecular formula is C32H52O9. The van der Waals surface area contributed by atoms with Crippen LogP contribution in [0.3, 0.4) is 0 Å². The zero-order valence-corrected chi connectivity index (χ0v) is 26.1. The third-order valence-electron chi connectivity index (χ3n) is 7.64. The lowest BCUT2D eigenvalue weighted by Crippen LogP contribution is -2.33. The van der Waals surface area contributed by atoms with E-state index in [1.165, 1.54) is 0 Å². The van der Waals surface area contributed by atoms with Crippen molar-refractivity contribution in [2.24, 2.45) is 23.7 Å². The van der Waals surface area contributed by atoms with Gasteiger partial charge in [0.25, 0.3) is 0 Å². The summed E-state index contributed by atoms with van der Waals surface area (Å²) in [5, 5.41) is 0. The molecule has 41 heavy (non-hydrogen) atoms. The first-order valence-electron chi connectivity index (χ1n) is 14.6. The van der Waals surface area contributed by atoms with Crippen LogP contribution in [-0.4, -0.2) is 74.4 Å². The van der Waals surface area contributed by atoms with E-state index in [-0.39, 0.29) is 54.7 Å². The van der Waals surface area contributed by atoms with Gasteiger partial charge in [-0.25, -0.2) is 14.4 Å². The molecule has 9 nitrogen and oxygen atoms in total. The van der Waals surface area contributed by atoms with Crippen molar-refractivity contribution in [2.45, 2.75) is 97.7 Å². The van der Waals surface area contributed by atoms with Gasteiger partial charge in [-0.05, 0) is 46.5 Å². The maximum atomic E-state index is 11.6. The van der Waals surface area contributed by atoms with Gasteiger partial charge in [0.15, 0.2) is 0 Å². The summed E-state index contributed by atoms with van der Waals surface area (Å²) in [5.41, 5.74) is -0.429. The van der Waals surface area contributed by atoms with Crippen LogP contribution in [-0.2, 0) is 42.8 Å². The van der Waals surface area contributed by atoms with Gasteiger partial charge in [-0.3, -0.25) is 0 Å². The van der Waals surface area contributed by atoms with Crippen LogP contribution in [0.15, 0.2) is 38.0 Å². The Kier molecular flexibility index (Phi) is 16.2. The van der Waals surface area contributed by atoms with E-state index in [0.717, 1.165) is 31.1 Å². The van der Waals surface area contributed by atoms with Gasteiger partial charge < -0.3 is 28.4 Å². The van der Waals surface area contributed by atoms with Crippen LogP contribution in [0.1, 0.15) is 67.7 Å². The van der Waals surface area contributed by atoms with Gasteiger partial charge in [0, 0.05) is 42.4 Å². The van der Waals surface area contributed by atoms with Crippen LogP contribution >= 0.6 is 0 Å². The summed E-state index contributed by atoms with van der Waals surface area (Å²) >= 11 is 0. The van der Waals surface area contributed by atoms with Crippen molar-refractivity contribution in [2.75, 3.05) is 26.4 Å². The van der Waals surface area contributed by atoms with Gasteiger partial charge in [0.05, 0.1) is 44.2 Å². The summed E-state index contributed by atoms with van der Waals surface area (Å²) in [6.45, 7) is 25.7. The zero-order chi connectivity index (χ0) is 31.2. The Labute approximate surface area is 246 Å². The minimum absolute atomic E-state index is 0.00602. The molecule has 9 atom stereocenters. The van der Waals surface area contributed by atoms with E-state index in [2.05, 4.69) is 26.7 Å². The Morgan fingerprint density at radius 1 is 0.780 bits per heavy atom. The fourth-order valence-corrected chi connectivity index (χ4v) is 4.64. The molecule has 9 heteroatoms. The maximum Gasteiger partial charge on any atom is 0.330 e. The highest BCUT2D eigenvalue weighted by atomic mass is 16.6. The standard InChI is InChI=1S/C32H52O9/c1-11-29(33)38-18-21(4)17-36-24(7)14-27-15-32(10,39-20-23(6)26(9)41-31(35)13-3)16-28(27)37-19-22(5)25(8)40-30(34)12-2/h11-13,21-28H,1-3,14-20H2,4-10H3. The molecule has 0 aromatic carbocycles. The minimum atomic E-state index is -0.453. The molecule has 1 aliphatic carbocycles. The molecular weight excluding hydrogens is 528 g/mol. The van der Waals surface area contributed by atoms with Crippen LogP contribution < -0.4 is 0 Å². The predicted octanol–water partition coefficient (Wildman–Crippen LogP) is 5.23. The molecule has 1 aliphatic rings. The lowest BCUT2D eigenvalue weighted by molar-refractivity contribution is -0.147. The van der Waals surface area contributed by atoms with Crippen LogP contribution in [0.2, 0.25) is 0 Å². The highest BCUT2D eigenvalue weighted by molar-refractivity contribution is 5.81. The summed E-state index contributed by atoms with van der Waals surface area (Å²) in [7, 11) is 0. The summed E-state index contributed by atoms with van der Waals surface area (Å²) in [5.74, 6) is -1.15. The van der Waals surface area contributed by atoms with Crippen molar-refractivity contribution in [1.82, 2.24) is 0 Å². The number of ether oxygens (including phenoxy) is 6. The summed E-state index contributed by atoms with van der Waals surface area (Å²) in [6, 6.07) is 0. The first-order valence-corrected chi connectivity index (χ1v) is 14.6. The van der Waals surface area contributed by atoms with Crippen molar-refractivity contribution >= 4 is 17.9 Å². The second-order valence-corrected chi connectivity index (χ2v) is 11.8. The SMILES string of the molecule is C=CC(=O)OCC(C)COC(C)CC1CC(C)(OCC(C)C(C)OC(=O)C=C)CC1OCC(C)C(C)OC(=O)C=C. The van der Waals surface area contributed by atoms with Gasteiger partial charge >= 0.3 is 17.9 Å². The van der Waals surface area contributed by atoms with Crippen LogP contribution in [0, 0.1) is 23.7 Å². The molecule has 0 aromatic rings. The maximum absolute atomic E-state index is 11.6. The largest absolute Gasteiger partial charge is 0.462 e. The van der Waals surface area contributed by atoms with Gasteiger partial charge in [-0.1, -0.05) is 40.5 Å². The second kappa shape index (κ2) is 18.1. The summed E-state index contributed by atoms with van der Waals surface area (Å²) < 4.78 is 34.8. The van der Waals surface area contributed by atoms with E-state index < -0.39 is 23.5 Å². The number of hydrogen-bond donors (Lipinski definition) is 0. The molecule has 0 spiro atoms. The van der Waals surface area contributed by atoms with E-state index in [0.29, 0.717) is 26.2 Å². The smallest absolute Gasteiger partial charge is 0.330 e. The molecule has 0 radical (unpaired) electrons. The molecule has 1 fully saturated rings. The first kappa shape index (κ1) is 36.5. The molecule has 1 rings (SSSR count). The third-order valence-corrected chi connectivity index (χ3v) is 7.64. The number of carbonyl (C=O) groups is 3. The quantitative estimate of drug-likeness (QED) is 0.109. The first-order chi connectivity index (χ1) is 19.2. The highest BCUT2D eigenvalue weighted by Crippen LogP contribution is 2.42. The van der Waals surface area contributed by atoms with E-state index in [4.69, 9.17) is 28.4 Å². The number of rotatable bonds is 20. The van der Waals surface area contributed by atoms with Crippen molar-refractivity contribution in [3.05, 3.63) is 38.0 Å². The normalized spacial score (nSPS) is 24.7.